The number of rotatable bonds is 5. The van der Waals surface area contributed by atoms with Crippen LogP contribution in [-0.4, -0.2) is 34.6 Å². The number of hydrogen-bond acceptors (Lipinski definition) is 5. The van der Waals surface area contributed by atoms with Crippen molar-refractivity contribution in [2.75, 3.05) is 18.5 Å². The quantitative estimate of drug-likeness (QED) is 0.357. The highest BCUT2D eigenvalue weighted by Crippen LogP contribution is 2.16. The molecule has 0 amide bonds. The predicted octanol–water partition coefficient (Wildman–Crippen LogP) is 1.42. The Bertz CT molecular complexity index is 419. The van der Waals surface area contributed by atoms with Crippen LogP contribution in [0.15, 0.2) is 17.5 Å². The smallest absolute Gasteiger partial charge is 0.143 e. The summed E-state index contributed by atoms with van der Waals surface area (Å²) < 4.78 is 0. The molecule has 6 heteroatoms. The van der Waals surface area contributed by atoms with Crippen molar-refractivity contribution < 1.29 is 5.21 Å². The van der Waals surface area contributed by atoms with Gasteiger partial charge in [0.2, 0.25) is 0 Å². The summed E-state index contributed by atoms with van der Waals surface area (Å²) in [5, 5.41) is 11.6. The summed E-state index contributed by atoms with van der Waals surface area (Å²) in [6.07, 6.45) is 1.56. The molecule has 1 unspecified atom stereocenters. The maximum Gasteiger partial charge on any atom is 0.143 e. The Hall–Kier alpha value is -1.85. The Morgan fingerprint density at radius 2 is 2.11 bits per heavy atom. The lowest BCUT2D eigenvalue weighted by Crippen LogP contribution is -2.33. The van der Waals surface area contributed by atoms with Crippen molar-refractivity contribution in [1.82, 2.24) is 9.97 Å². The van der Waals surface area contributed by atoms with E-state index in [1.807, 2.05) is 24.9 Å². The summed E-state index contributed by atoms with van der Waals surface area (Å²) >= 11 is 0. The number of nitrogens with two attached hydrogens (primary N) is 1. The molecule has 0 aliphatic heterocycles. The molecule has 18 heavy (non-hydrogen) atoms. The van der Waals surface area contributed by atoms with Crippen molar-refractivity contribution in [3.8, 4) is 0 Å². The van der Waals surface area contributed by atoms with Gasteiger partial charge in [-0.15, -0.1) is 0 Å². The molecule has 0 bridgehead atoms. The number of anilines is 1. The second kappa shape index (κ2) is 6.18. The highest BCUT2D eigenvalue weighted by Gasteiger charge is 2.13. The van der Waals surface area contributed by atoms with Crippen molar-refractivity contribution in [1.29, 1.82) is 0 Å². The van der Waals surface area contributed by atoms with Crippen LogP contribution in [0.4, 0.5) is 5.82 Å². The van der Waals surface area contributed by atoms with Gasteiger partial charge in [-0.2, -0.15) is 0 Å². The first kappa shape index (κ1) is 14.2. The molecule has 100 valence electrons. The van der Waals surface area contributed by atoms with E-state index in [2.05, 4.69) is 29.0 Å². The second-order valence-corrected chi connectivity index (χ2v) is 4.76. The molecule has 0 fully saturated rings. The standard InChI is InChI=1S/C12H21N5O/c1-8(2)10-5-11(15-7-14-10)17(4)6-9(3)12(13)16-18/h5,7-9,18H,6H2,1-4H3,(H2,13,16). The largest absolute Gasteiger partial charge is 0.409 e. The Morgan fingerprint density at radius 3 is 2.67 bits per heavy atom. The fraction of sp³-hybridized carbons (Fsp3) is 0.583. The first-order chi connectivity index (χ1) is 8.45. The number of amidine groups is 1. The molecule has 1 heterocycles. The number of nitrogens with zero attached hydrogens (tertiary/aromatic N) is 4. The molecule has 0 spiro atoms. The van der Waals surface area contributed by atoms with Gasteiger partial charge < -0.3 is 15.8 Å². The van der Waals surface area contributed by atoms with Gasteiger partial charge >= 0.3 is 0 Å². The zero-order chi connectivity index (χ0) is 13.7. The molecule has 0 saturated heterocycles. The van der Waals surface area contributed by atoms with E-state index in [4.69, 9.17) is 10.9 Å². The van der Waals surface area contributed by atoms with Gasteiger partial charge in [0, 0.05) is 31.3 Å². The summed E-state index contributed by atoms with van der Waals surface area (Å²) in [4.78, 5) is 10.4. The first-order valence-corrected chi connectivity index (χ1v) is 5.96. The van der Waals surface area contributed by atoms with E-state index in [-0.39, 0.29) is 11.8 Å². The van der Waals surface area contributed by atoms with Crippen LogP contribution in [0.2, 0.25) is 0 Å². The summed E-state index contributed by atoms with van der Waals surface area (Å²) in [5.74, 6) is 1.38. The van der Waals surface area contributed by atoms with Crippen LogP contribution < -0.4 is 10.6 Å². The molecule has 3 N–H and O–H groups in total. The molecule has 1 aromatic heterocycles. The van der Waals surface area contributed by atoms with E-state index < -0.39 is 0 Å². The molecule has 0 aliphatic carbocycles. The minimum atomic E-state index is -0.0440. The summed E-state index contributed by atoms with van der Waals surface area (Å²) in [6, 6.07) is 1.96. The lowest BCUT2D eigenvalue weighted by molar-refractivity contribution is 0.314. The topological polar surface area (TPSA) is 87.6 Å². The Labute approximate surface area is 108 Å². The van der Waals surface area contributed by atoms with Gasteiger partial charge in [-0.1, -0.05) is 25.9 Å². The predicted molar refractivity (Wildman–Crippen MR) is 72.0 cm³/mol. The molecule has 6 nitrogen and oxygen atoms in total. The van der Waals surface area contributed by atoms with E-state index in [9.17, 15) is 0 Å². The highest BCUT2D eigenvalue weighted by atomic mass is 16.4. The van der Waals surface area contributed by atoms with E-state index in [1.165, 1.54) is 0 Å². The van der Waals surface area contributed by atoms with Gasteiger partial charge in [-0.3, -0.25) is 0 Å². The third-order valence-corrected chi connectivity index (χ3v) is 2.82. The van der Waals surface area contributed by atoms with Crippen LogP contribution >= 0.6 is 0 Å². The second-order valence-electron chi connectivity index (χ2n) is 4.76. The molecule has 0 saturated carbocycles. The molecule has 0 aromatic carbocycles. The van der Waals surface area contributed by atoms with Gasteiger partial charge in [-0.05, 0) is 5.92 Å². The first-order valence-electron chi connectivity index (χ1n) is 5.96. The minimum absolute atomic E-state index is 0.0440. The zero-order valence-electron chi connectivity index (χ0n) is 11.3. The number of oxime groups is 1. The maximum absolute atomic E-state index is 8.62. The normalized spacial score (nSPS) is 13.7. The average Bonchev–Trinajstić information content (AvgIpc) is 2.37. The fourth-order valence-corrected chi connectivity index (χ4v) is 1.58. The molecule has 1 atom stereocenters. The van der Waals surface area contributed by atoms with Crippen molar-refractivity contribution in [2.45, 2.75) is 26.7 Å². The zero-order valence-corrected chi connectivity index (χ0v) is 11.3. The van der Waals surface area contributed by atoms with Crippen molar-refractivity contribution in [2.24, 2.45) is 16.8 Å². The molecule has 0 radical (unpaired) electrons. The van der Waals surface area contributed by atoms with Crippen molar-refractivity contribution in [3.05, 3.63) is 18.1 Å². The van der Waals surface area contributed by atoms with Crippen LogP contribution in [0.5, 0.6) is 0 Å². The Balaban J connectivity index is 2.78. The molecular weight excluding hydrogens is 230 g/mol. The Kier molecular flexibility index (Phi) is 4.88. The van der Waals surface area contributed by atoms with Crippen LogP contribution in [-0.2, 0) is 0 Å². The number of aromatic nitrogens is 2. The van der Waals surface area contributed by atoms with E-state index in [1.54, 1.807) is 6.33 Å². The average molecular weight is 251 g/mol. The monoisotopic (exact) mass is 251 g/mol. The summed E-state index contributed by atoms with van der Waals surface area (Å²) in [5.41, 5.74) is 6.56. The van der Waals surface area contributed by atoms with Crippen LogP contribution in [0.3, 0.4) is 0 Å². The molecule has 0 aliphatic rings. The van der Waals surface area contributed by atoms with Crippen LogP contribution in [0.1, 0.15) is 32.4 Å². The van der Waals surface area contributed by atoms with Crippen LogP contribution in [0.25, 0.3) is 0 Å². The molecule has 1 aromatic rings. The Morgan fingerprint density at radius 1 is 1.44 bits per heavy atom. The van der Waals surface area contributed by atoms with E-state index in [0.717, 1.165) is 11.5 Å². The summed E-state index contributed by atoms with van der Waals surface area (Å²) in [7, 11) is 1.92. The van der Waals surface area contributed by atoms with Gasteiger partial charge in [-0.25, -0.2) is 9.97 Å². The van der Waals surface area contributed by atoms with E-state index in [0.29, 0.717) is 12.5 Å². The van der Waals surface area contributed by atoms with Crippen LogP contribution in [0, 0.1) is 5.92 Å². The summed E-state index contributed by atoms with van der Waals surface area (Å²) in [6.45, 7) is 6.71. The third kappa shape index (κ3) is 3.58. The lowest BCUT2D eigenvalue weighted by Gasteiger charge is -2.22. The van der Waals surface area contributed by atoms with Gasteiger partial charge in [0.05, 0.1) is 0 Å². The SMILES string of the molecule is CC(CN(C)c1cc(C(C)C)ncn1)/C(N)=N/O. The molecular formula is C12H21N5O. The maximum atomic E-state index is 8.62. The van der Waals surface area contributed by atoms with Crippen molar-refractivity contribution >= 4 is 11.7 Å². The van der Waals surface area contributed by atoms with Crippen molar-refractivity contribution in [3.63, 3.8) is 0 Å². The third-order valence-electron chi connectivity index (χ3n) is 2.82. The fourth-order valence-electron chi connectivity index (χ4n) is 1.58. The van der Waals surface area contributed by atoms with Gasteiger partial charge in [0.25, 0.3) is 0 Å². The lowest BCUT2D eigenvalue weighted by atomic mass is 10.1. The van der Waals surface area contributed by atoms with E-state index >= 15 is 0 Å². The highest BCUT2D eigenvalue weighted by molar-refractivity contribution is 5.82. The van der Waals surface area contributed by atoms with Gasteiger partial charge in [0.1, 0.15) is 18.0 Å². The molecule has 1 rings (SSSR count). The minimum Gasteiger partial charge on any atom is -0.409 e. The van der Waals surface area contributed by atoms with Gasteiger partial charge in [0.15, 0.2) is 0 Å². The number of hydrogen-bond donors (Lipinski definition) is 2.